The second-order valence-corrected chi connectivity index (χ2v) is 5.11. The molecule has 0 amide bonds. The highest BCUT2D eigenvalue weighted by Crippen LogP contribution is 2.17. The molecule has 4 nitrogen and oxygen atoms in total. The number of aromatic nitrogens is 3. The van der Waals surface area contributed by atoms with Crippen molar-refractivity contribution in [2.75, 3.05) is 11.9 Å². The molecule has 0 unspecified atom stereocenters. The van der Waals surface area contributed by atoms with Gasteiger partial charge in [-0.05, 0) is 35.6 Å². The number of anilines is 1. The van der Waals surface area contributed by atoms with Gasteiger partial charge in [0.25, 0.3) is 0 Å². The van der Waals surface area contributed by atoms with Gasteiger partial charge in [-0.1, -0.05) is 17.7 Å². The van der Waals surface area contributed by atoms with Crippen molar-refractivity contribution in [3.8, 4) is 0 Å². The molecule has 102 valence electrons. The van der Waals surface area contributed by atoms with Crippen molar-refractivity contribution in [1.29, 1.82) is 0 Å². The van der Waals surface area contributed by atoms with E-state index in [0.29, 0.717) is 5.15 Å². The average molecular weight is 287 g/mol. The molecule has 1 aromatic carbocycles. The van der Waals surface area contributed by atoms with Gasteiger partial charge in [0.05, 0.1) is 0 Å². The van der Waals surface area contributed by atoms with Gasteiger partial charge in [0.15, 0.2) is 0 Å². The van der Waals surface area contributed by atoms with Gasteiger partial charge < -0.3 is 9.88 Å². The zero-order valence-corrected chi connectivity index (χ0v) is 11.9. The maximum absolute atomic E-state index is 5.82. The summed E-state index contributed by atoms with van der Waals surface area (Å²) in [4.78, 5) is 7.97. The highest BCUT2D eigenvalue weighted by Gasteiger charge is 2.00. The minimum Gasteiger partial charge on any atom is -0.370 e. The normalized spacial score (nSPS) is 10.9. The fourth-order valence-corrected chi connectivity index (χ4v) is 2.40. The number of halogens is 1. The van der Waals surface area contributed by atoms with Gasteiger partial charge in [0.1, 0.15) is 17.3 Å². The van der Waals surface area contributed by atoms with Crippen LogP contribution >= 0.6 is 11.6 Å². The van der Waals surface area contributed by atoms with Gasteiger partial charge in [-0.25, -0.2) is 9.97 Å². The van der Waals surface area contributed by atoms with E-state index in [1.54, 1.807) is 6.07 Å². The first kappa shape index (κ1) is 12.9. The molecule has 2 aromatic heterocycles. The van der Waals surface area contributed by atoms with Gasteiger partial charge in [0, 0.05) is 31.4 Å². The van der Waals surface area contributed by atoms with Gasteiger partial charge >= 0.3 is 0 Å². The molecular weight excluding hydrogens is 272 g/mol. The Bertz CT molecular complexity index is 736. The zero-order chi connectivity index (χ0) is 13.9. The predicted octanol–water partition coefficient (Wildman–Crippen LogP) is 3.28. The number of rotatable bonds is 4. The molecule has 3 aromatic rings. The van der Waals surface area contributed by atoms with Crippen LogP contribution in [0.25, 0.3) is 10.9 Å². The third kappa shape index (κ3) is 2.75. The van der Waals surface area contributed by atoms with Gasteiger partial charge in [0.2, 0.25) is 0 Å². The molecule has 0 aliphatic carbocycles. The summed E-state index contributed by atoms with van der Waals surface area (Å²) in [5.74, 6) is 0.755. The molecule has 0 atom stereocenters. The number of nitrogens with one attached hydrogen (secondary N) is 1. The van der Waals surface area contributed by atoms with E-state index in [1.807, 2.05) is 0 Å². The van der Waals surface area contributed by atoms with Gasteiger partial charge in [-0.3, -0.25) is 0 Å². The molecule has 2 heterocycles. The van der Waals surface area contributed by atoms with Crippen molar-refractivity contribution in [2.45, 2.75) is 6.42 Å². The predicted molar refractivity (Wildman–Crippen MR) is 82.2 cm³/mol. The Morgan fingerprint density at radius 2 is 2.10 bits per heavy atom. The van der Waals surface area contributed by atoms with E-state index >= 15 is 0 Å². The Morgan fingerprint density at radius 1 is 1.20 bits per heavy atom. The van der Waals surface area contributed by atoms with Crippen LogP contribution in [0.1, 0.15) is 5.56 Å². The summed E-state index contributed by atoms with van der Waals surface area (Å²) >= 11 is 5.82. The Balaban J connectivity index is 1.65. The van der Waals surface area contributed by atoms with Crippen molar-refractivity contribution < 1.29 is 0 Å². The molecule has 0 saturated heterocycles. The average Bonchev–Trinajstić information content (AvgIpc) is 2.80. The molecule has 3 rings (SSSR count). The third-order valence-corrected chi connectivity index (χ3v) is 3.51. The van der Waals surface area contributed by atoms with E-state index in [-0.39, 0.29) is 0 Å². The van der Waals surface area contributed by atoms with Crippen LogP contribution in [0, 0.1) is 0 Å². The number of nitrogens with zero attached hydrogens (tertiary/aromatic N) is 3. The Kier molecular flexibility index (Phi) is 3.56. The van der Waals surface area contributed by atoms with E-state index in [0.717, 1.165) is 18.8 Å². The zero-order valence-electron chi connectivity index (χ0n) is 11.2. The van der Waals surface area contributed by atoms with Crippen molar-refractivity contribution in [1.82, 2.24) is 14.5 Å². The third-order valence-electron chi connectivity index (χ3n) is 3.30. The van der Waals surface area contributed by atoms with Crippen molar-refractivity contribution >= 4 is 28.3 Å². The lowest BCUT2D eigenvalue weighted by Crippen LogP contribution is -2.06. The first-order valence-corrected chi connectivity index (χ1v) is 6.85. The highest BCUT2D eigenvalue weighted by molar-refractivity contribution is 6.29. The van der Waals surface area contributed by atoms with Crippen LogP contribution in [0.3, 0.4) is 0 Å². The molecule has 0 fully saturated rings. The topological polar surface area (TPSA) is 42.7 Å². The van der Waals surface area contributed by atoms with E-state index < -0.39 is 0 Å². The molecule has 20 heavy (non-hydrogen) atoms. The van der Waals surface area contributed by atoms with Gasteiger partial charge in [-0.15, -0.1) is 0 Å². The maximum atomic E-state index is 5.82. The lowest BCUT2D eigenvalue weighted by Gasteiger charge is -2.06. The minimum absolute atomic E-state index is 0.452. The summed E-state index contributed by atoms with van der Waals surface area (Å²) in [6.45, 7) is 0.811. The first-order valence-electron chi connectivity index (χ1n) is 6.48. The lowest BCUT2D eigenvalue weighted by molar-refractivity contribution is 0.967. The number of aryl methyl sites for hydroxylation is 1. The second-order valence-electron chi connectivity index (χ2n) is 4.72. The molecule has 0 aliphatic heterocycles. The van der Waals surface area contributed by atoms with E-state index in [1.165, 1.54) is 22.8 Å². The molecule has 0 saturated carbocycles. The van der Waals surface area contributed by atoms with Crippen LogP contribution in [0.2, 0.25) is 5.15 Å². The Hall–Kier alpha value is -2.07. The fraction of sp³-hybridized carbons (Fsp3) is 0.200. The summed E-state index contributed by atoms with van der Waals surface area (Å²) in [6.07, 6.45) is 4.47. The summed E-state index contributed by atoms with van der Waals surface area (Å²) in [5.41, 5.74) is 2.56. The van der Waals surface area contributed by atoms with Crippen LogP contribution < -0.4 is 5.32 Å². The largest absolute Gasteiger partial charge is 0.370 e. The van der Waals surface area contributed by atoms with E-state index in [4.69, 9.17) is 11.6 Å². The van der Waals surface area contributed by atoms with Gasteiger partial charge in [-0.2, -0.15) is 0 Å². The van der Waals surface area contributed by atoms with Crippen molar-refractivity contribution in [3.63, 3.8) is 0 Å². The summed E-state index contributed by atoms with van der Waals surface area (Å²) < 4.78 is 2.13. The summed E-state index contributed by atoms with van der Waals surface area (Å²) in [5, 5.41) is 4.97. The molecular formula is C15H15ClN4. The molecule has 0 aliphatic rings. The minimum atomic E-state index is 0.452. The lowest BCUT2D eigenvalue weighted by atomic mass is 10.1. The number of fused-ring (bicyclic) bond motifs is 1. The molecule has 0 spiro atoms. The second kappa shape index (κ2) is 5.51. The summed E-state index contributed by atoms with van der Waals surface area (Å²) in [7, 11) is 2.06. The van der Waals surface area contributed by atoms with Crippen LogP contribution in [0.4, 0.5) is 5.82 Å². The van der Waals surface area contributed by atoms with Crippen LogP contribution in [-0.4, -0.2) is 21.1 Å². The quantitative estimate of drug-likeness (QED) is 0.749. The summed E-state index contributed by atoms with van der Waals surface area (Å²) in [6, 6.07) is 10.4. The molecule has 5 heteroatoms. The standard InChI is InChI=1S/C15H15ClN4/c1-20-7-5-12-8-11(2-3-13(12)20)4-6-17-15-9-14(16)18-10-19-15/h2-3,5,7-10H,4,6H2,1H3,(H,17,18,19). The molecule has 1 N–H and O–H groups in total. The Morgan fingerprint density at radius 3 is 2.95 bits per heavy atom. The van der Waals surface area contributed by atoms with E-state index in [9.17, 15) is 0 Å². The number of benzene rings is 1. The maximum Gasteiger partial charge on any atom is 0.134 e. The van der Waals surface area contributed by atoms with E-state index in [2.05, 4.69) is 57.4 Å². The number of hydrogen-bond acceptors (Lipinski definition) is 3. The van der Waals surface area contributed by atoms with Crippen LogP contribution in [-0.2, 0) is 13.5 Å². The fourth-order valence-electron chi connectivity index (χ4n) is 2.25. The Labute approximate surface area is 122 Å². The monoisotopic (exact) mass is 286 g/mol. The number of hydrogen-bond donors (Lipinski definition) is 1. The smallest absolute Gasteiger partial charge is 0.134 e. The molecule has 0 radical (unpaired) electrons. The molecule has 0 bridgehead atoms. The van der Waals surface area contributed by atoms with Crippen molar-refractivity contribution in [3.05, 3.63) is 53.6 Å². The van der Waals surface area contributed by atoms with Crippen molar-refractivity contribution in [2.24, 2.45) is 7.05 Å². The highest BCUT2D eigenvalue weighted by atomic mass is 35.5. The SMILES string of the molecule is Cn1ccc2cc(CCNc3cc(Cl)ncn3)ccc21. The first-order chi connectivity index (χ1) is 9.72. The van der Waals surface area contributed by atoms with Crippen LogP contribution in [0.5, 0.6) is 0 Å². The van der Waals surface area contributed by atoms with Crippen LogP contribution in [0.15, 0.2) is 42.9 Å².